The van der Waals surface area contributed by atoms with Crippen molar-refractivity contribution in [2.24, 2.45) is 7.05 Å². The number of nitrogens with one attached hydrogen (secondary N) is 1. The van der Waals surface area contributed by atoms with Crippen molar-refractivity contribution in [2.75, 3.05) is 19.6 Å². The number of rotatable bonds is 4. The van der Waals surface area contributed by atoms with Crippen molar-refractivity contribution in [1.29, 1.82) is 0 Å². The minimum absolute atomic E-state index is 0.0188. The molecule has 2 heterocycles. The molecule has 1 aliphatic heterocycles. The van der Waals surface area contributed by atoms with E-state index in [0.29, 0.717) is 13.1 Å². The van der Waals surface area contributed by atoms with Gasteiger partial charge in [-0.2, -0.15) is 9.40 Å². The van der Waals surface area contributed by atoms with Gasteiger partial charge in [0.1, 0.15) is 0 Å². The minimum Gasteiger partial charge on any atom is -0.315 e. The van der Waals surface area contributed by atoms with E-state index in [9.17, 15) is 8.42 Å². The third-order valence-corrected chi connectivity index (χ3v) is 5.92. The number of hydrogen-bond acceptors (Lipinski definition) is 4. The van der Waals surface area contributed by atoms with E-state index in [2.05, 4.69) is 10.4 Å². The van der Waals surface area contributed by atoms with Crippen molar-refractivity contribution in [3.63, 3.8) is 0 Å². The first kappa shape index (κ1) is 14.8. The van der Waals surface area contributed by atoms with E-state index in [1.807, 2.05) is 6.92 Å². The second-order valence-corrected chi connectivity index (χ2v) is 6.84. The fourth-order valence-corrected chi connectivity index (χ4v) is 4.78. The Kier molecular flexibility index (Phi) is 4.50. The Bertz CT molecular complexity index is 517. The minimum atomic E-state index is -3.61. The van der Waals surface area contributed by atoms with Crippen LogP contribution in [-0.2, 0) is 17.1 Å². The van der Waals surface area contributed by atoms with Gasteiger partial charge in [0.25, 0.3) is 10.0 Å². The molecular weight excluding hydrogens is 288 g/mol. The first-order valence-corrected chi connectivity index (χ1v) is 8.20. The number of likely N-dealkylation sites (N-methyl/N-ethyl adjacent to an activating group) is 1. The van der Waals surface area contributed by atoms with Gasteiger partial charge in [-0.1, -0.05) is 18.5 Å². The molecule has 1 atom stereocenters. The van der Waals surface area contributed by atoms with Crippen LogP contribution < -0.4 is 5.32 Å². The number of sulfonamides is 1. The van der Waals surface area contributed by atoms with Crippen molar-refractivity contribution in [2.45, 2.75) is 30.8 Å². The second kappa shape index (κ2) is 5.78. The summed E-state index contributed by atoms with van der Waals surface area (Å²) in [5.41, 5.74) is 0. The fourth-order valence-electron chi connectivity index (χ4n) is 2.50. The molecule has 6 nitrogen and oxygen atoms in total. The molecule has 1 aliphatic rings. The van der Waals surface area contributed by atoms with Crippen LogP contribution in [-0.4, -0.2) is 48.2 Å². The Morgan fingerprint density at radius 3 is 2.84 bits per heavy atom. The van der Waals surface area contributed by atoms with E-state index in [1.165, 1.54) is 15.2 Å². The van der Waals surface area contributed by atoms with Crippen LogP contribution in [0.4, 0.5) is 0 Å². The van der Waals surface area contributed by atoms with E-state index in [0.717, 1.165) is 19.4 Å². The van der Waals surface area contributed by atoms with Crippen LogP contribution in [0.25, 0.3) is 0 Å². The quantitative estimate of drug-likeness (QED) is 0.895. The average Bonchev–Trinajstić information content (AvgIpc) is 2.71. The lowest BCUT2D eigenvalue weighted by atomic mass is 10.1. The summed E-state index contributed by atoms with van der Waals surface area (Å²) >= 11 is 5.96. The molecule has 1 aromatic rings. The van der Waals surface area contributed by atoms with Gasteiger partial charge >= 0.3 is 0 Å². The van der Waals surface area contributed by atoms with Gasteiger partial charge in [-0.15, -0.1) is 0 Å². The molecule has 0 radical (unpaired) electrons. The molecule has 1 N–H and O–H groups in total. The fraction of sp³-hybridized carbons (Fsp3) is 0.727. The molecule has 2 rings (SSSR count). The average molecular weight is 307 g/mol. The van der Waals surface area contributed by atoms with Gasteiger partial charge in [-0.25, -0.2) is 8.42 Å². The zero-order valence-electron chi connectivity index (χ0n) is 11.1. The highest BCUT2D eigenvalue weighted by Gasteiger charge is 2.34. The van der Waals surface area contributed by atoms with Gasteiger partial charge in [-0.3, -0.25) is 4.68 Å². The lowest BCUT2D eigenvalue weighted by Gasteiger charge is -2.32. The molecule has 0 spiro atoms. The van der Waals surface area contributed by atoms with Gasteiger partial charge in [0.05, 0.1) is 11.2 Å². The molecule has 108 valence electrons. The molecule has 0 amide bonds. The predicted molar refractivity (Wildman–Crippen MR) is 73.7 cm³/mol. The highest BCUT2D eigenvalue weighted by atomic mass is 35.5. The molecule has 19 heavy (non-hydrogen) atoms. The first-order chi connectivity index (χ1) is 8.98. The maximum absolute atomic E-state index is 12.7. The van der Waals surface area contributed by atoms with Crippen molar-refractivity contribution in [3.8, 4) is 0 Å². The summed E-state index contributed by atoms with van der Waals surface area (Å²) in [5.74, 6) is 0. The predicted octanol–water partition coefficient (Wildman–Crippen LogP) is 0.836. The van der Waals surface area contributed by atoms with Crippen molar-refractivity contribution >= 4 is 21.6 Å². The lowest BCUT2D eigenvalue weighted by molar-refractivity contribution is 0.273. The van der Waals surface area contributed by atoms with E-state index in [1.54, 1.807) is 7.05 Å². The summed E-state index contributed by atoms with van der Waals surface area (Å²) in [4.78, 5) is 0. The van der Waals surface area contributed by atoms with Crippen molar-refractivity contribution in [1.82, 2.24) is 19.4 Å². The van der Waals surface area contributed by atoms with E-state index >= 15 is 0 Å². The summed E-state index contributed by atoms with van der Waals surface area (Å²) in [6.07, 6.45) is 3.22. The molecule has 1 fully saturated rings. The normalized spacial score (nSPS) is 20.9. The summed E-state index contributed by atoms with van der Waals surface area (Å²) < 4.78 is 28.3. The number of piperidine rings is 1. The zero-order chi connectivity index (χ0) is 14.0. The van der Waals surface area contributed by atoms with E-state index in [-0.39, 0.29) is 16.1 Å². The van der Waals surface area contributed by atoms with Crippen LogP contribution in [0.3, 0.4) is 0 Å². The van der Waals surface area contributed by atoms with Crippen LogP contribution in [0.2, 0.25) is 5.02 Å². The Balaban J connectivity index is 2.36. The Morgan fingerprint density at radius 2 is 2.37 bits per heavy atom. The summed E-state index contributed by atoms with van der Waals surface area (Å²) in [6.45, 7) is 3.90. The van der Waals surface area contributed by atoms with Gasteiger partial charge in [-0.05, 0) is 19.4 Å². The Hall–Kier alpha value is -0.630. The van der Waals surface area contributed by atoms with Crippen LogP contribution in [0.5, 0.6) is 0 Å². The van der Waals surface area contributed by atoms with Crippen LogP contribution >= 0.6 is 11.6 Å². The topological polar surface area (TPSA) is 67.2 Å². The van der Waals surface area contributed by atoms with E-state index in [4.69, 9.17) is 11.6 Å². The number of hydrogen-bond donors (Lipinski definition) is 1. The third-order valence-electron chi connectivity index (χ3n) is 3.39. The van der Waals surface area contributed by atoms with Crippen molar-refractivity contribution in [3.05, 3.63) is 11.2 Å². The summed E-state index contributed by atoms with van der Waals surface area (Å²) in [5, 5.41) is 7.38. The maximum atomic E-state index is 12.7. The molecule has 8 heteroatoms. The van der Waals surface area contributed by atoms with E-state index < -0.39 is 10.0 Å². The number of halogens is 1. The Labute approximate surface area is 118 Å². The molecule has 1 unspecified atom stereocenters. The monoisotopic (exact) mass is 306 g/mol. The van der Waals surface area contributed by atoms with Gasteiger partial charge in [0.2, 0.25) is 0 Å². The van der Waals surface area contributed by atoms with Crippen LogP contribution in [0.15, 0.2) is 11.2 Å². The zero-order valence-corrected chi connectivity index (χ0v) is 12.7. The van der Waals surface area contributed by atoms with Gasteiger partial charge in [0.15, 0.2) is 5.03 Å². The molecule has 0 bridgehead atoms. The largest absolute Gasteiger partial charge is 0.315 e. The molecule has 1 saturated heterocycles. The number of nitrogens with zero attached hydrogens (tertiary/aromatic N) is 3. The molecule has 0 aromatic carbocycles. The number of aryl methyl sites for hydroxylation is 1. The van der Waals surface area contributed by atoms with Crippen LogP contribution in [0, 0.1) is 0 Å². The molecular formula is C11H19ClN4O2S. The molecule has 1 aromatic heterocycles. The third kappa shape index (κ3) is 2.79. The van der Waals surface area contributed by atoms with Gasteiger partial charge < -0.3 is 5.32 Å². The Morgan fingerprint density at radius 1 is 1.63 bits per heavy atom. The van der Waals surface area contributed by atoms with Gasteiger partial charge in [0, 0.05) is 26.2 Å². The highest BCUT2D eigenvalue weighted by Crippen LogP contribution is 2.26. The van der Waals surface area contributed by atoms with Crippen LogP contribution in [0.1, 0.15) is 19.8 Å². The molecule has 0 saturated carbocycles. The van der Waals surface area contributed by atoms with Crippen molar-refractivity contribution < 1.29 is 8.42 Å². The standard InChI is InChI=1S/C11H19ClN4O2S/c1-3-16(9-5-4-6-13-7-9)19(17,18)11-10(12)8-14-15(11)2/h8-9,13H,3-7H2,1-2H3. The molecule has 0 aliphatic carbocycles. The first-order valence-electron chi connectivity index (χ1n) is 6.38. The maximum Gasteiger partial charge on any atom is 0.262 e. The summed E-state index contributed by atoms with van der Waals surface area (Å²) in [7, 11) is -2.02. The second-order valence-electron chi connectivity index (χ2n) is 4.63. The highest BCUT2D eigenvalue weighted by molar-refractivity contribution is 7.89. The summed E-state index contributed by atoms with van der Waals surface area (Å²) in [6, 6.07) is -0.0188. The smallest absolute Gasteiger partial charge is 0.262 e. The lowest BCUT2D eigenvalue weighted by Crippen LogP contribution is -2.48. The number of aromatic nitrogens is 2. The SMILES string of the molecule is CCN(C1CCCNC1)S(=O)(=O)c1c(Cl)cnn1C.